The van der Waals surface area contributed by atoms with E-state index in [2.05, 4.69) is 25.7 Å². The van der Waals surface area contributed by atoms with Crippen molar-refractivity contribution in [3.8, 4) is 0 Å². The van der Waals surface area contributed by atoms with Gasteiger partial charge in [-0.3, -0.25) is 0 Å². The first-order chi connectivity index (χ1) is 7.91. The third-order valence-electron chi connectivity index (χ3n) is 3.97. The fourth-order valence-corrected chi connectivity index (χ4v) is 2.70. The molecule has 4 nitrogen and oxygen atoms in total. The fraction of sp³-hybridized carbons (Fsp3) is 0.923. The van der Waals surface area contributed by atoms with E-state index in [1.165, 1.54) is 0 Å². The minimum absolute atomic E-state index is 0.170. The SMILES string of the molecule is CN(C(=O)N1CCCC1C(C)(C)C)C1COC1. The van der Waals surface area contributed by atoms with Gasteiger partial charge in [-0.05, 0) is 18.3 Å². The predicted molar refractivity (Wildman–Crippen MR) is 66.9 cm³/mol. The quantitative estimate of drug-likeness (QED) is 0.702. The second-order valence-corrected chi connectivity index (χ2v) is 6.30. The van der Waals surface area contributed by atoms with Crippen molar-refractivity contribution in [3.05, 3.63) is 0 Å². The Labute approximate surface area is 104 Å². The molecule has 0 aromatic carbocycles. The third-order valence-corrected chi connectivity index (χ3v) is 3.97. The lowest BCUT2D eigenvalue weighted by molar-refractivity contribution is -0.0476. The van der Waals surface area contributed by atoms with Gasteiger partial charge in [0.25, 0.3) is 0 Å². The van der Waals surface area contributed by atoms with E-state index in [0.29, 0.717) is 19.3 Å². The van der Waals surface area contributed by atoms with Crippen molar-refractivity contribution in [2.24, 2.45) is 5.41 Å². The summed E-state index contributed by atoms with van der Waals surface area (Å²) >= 11 is 0. The maximum atomic E-state index is 12.4. The van der Waals surface area contributed by atoms with Crippen LogP contribution < -0.4 is 0 Å². The lowest BCUT2D eigenvalue weighted by Crippen LogP contribution is -2.56. The molecule has 0 bridgehead atoms. The normalized spacial score (nSPS) is 25.9. The van der Waals surface area contributed by atoms with Gasteiger partial charge in [0.2, 0.25) is 0 Å². The van der Waals surface area contributed by atoms with Crippen LogP contribution in [0.3, 0.4) is 0 Å². The summed E-state index contributed by atoms with van der Waals surface area (Å²) in [6.07, 6.45) is 2.26. The summed E-state index contributed by atoms with van der Waals surface area (Å²) < 4.78 is 5.15. The highest BCUT2D eigenvalue weighted by atomic mass is 16.5. The number of rotatable bonds is 1. The number of amides is 2. The molecule has 0 spiro atoms. The Bertz CT molecular complexity index is 294. The van der Waals surface area contributed by atoms with Crippen LogP contribution in [0.4, 0.5) is 4.79 Å². The van der Waals surface area contributed by atoms with Crippen LogP contribution in [0.25, 0.3) is 0 Å². The smallest absolute Gasteiger partial charge is 0.320 e. The summed E-state index contributed by atoms with van der Waals surface area (Å²) in [6.45, 7) is 8.94. The largest absolute Gasteiger partial charge is 0.377 e. The molecule has 1 unspecified atom stereocenters. The number of hydrogen-bond acceptors (Lipinski definition) is 2. The zero-order valence-electron chi connectivity index (χ0n) is 11.4. The first-order valence-corrected chi connectivity index (χ1v) is 6.52. The molecule has 2 rings (SSSR count). The average molecular weight is 240 g/mol. The standard InChI is InChI=1S/C13H24N2O2/c1-13(2,3)11-6-5-7-15(11)12(16)14(4)10-8-17-9-10/h10-11H,5-9H2,1-4H3. The molecule has 1 atom stereocenters. The molecule has 17 heavy (non-hydrogen) atoms. The minimum Gasteiger partial charge on any atom is -0.377 e. The van der Waals surface area contributed by atoms with Crippen molar-refractivity contribution < 1.29 is 9.53 Å². The van der Waals surface area contributed by atoms with Gasteiger partial charge < -0.3 is 14.5 Å². The molecule has 0 saturated carbocycles. The Hall–Kier alpha value is -0.770. The number of ether oxygens (including phenoxy) is 1. The van der Waals surface area contributed by atoms with Gasteiger partial charge in [-0.25, -0.2) is 4.79 Å². The second-order valence-electron chi connectivity index (χ2n) is 6.30. The van der Waals surface area contributed by atoms with E-state index in [0.717, 1.165) is 19.4 Å². The molecule has 2 saturated heterocycles. The van der Waals surface area contributed by atoms with Crippen LogP contribution in [0.15, 0.2) is 0 Å². The molecule has 2 aliphatic heterocycles. The molecule has 98 valence electrons. The summed E-state index contributed by atoms with van der Waals surface area (Å²) in [6, 6.07) is 0.831. The first-order valence-electron chi connectivity index (χ1n) is 6.52. The van der Waals surface area contributed by atoms with Crippen molar-refractivity contribution in [3.63, 3.8) is 0 Å². The van der Waals surface area contributed by atoms with Gasteiger partial charge in [0.15, 0.2) is 0 Å². The Balaban J connectivity index is 2.02. The van der Waals surface area contributed by atoms with E-state index in [-0.39, 0.29) is 17.5 Å². The zero-order chi connectivity index (χ0) is 12.6. The summed E-state index contributed by atoms with van der Waals surface area (Å²) in [5.74, 6) is 0. The first kappa shape index (κ1) is 12.7. The van der Waals surface area contributed by atoms with Crippen molar-refractivity contribution >= 4 is 6.03 Å². The van der Waals surface area contributed by atoms with Gasteiger partial charge in [0.1, 0.15) is 0 Å². The van der Waals surface area contributed by atoms with Gasteiger partial charge in [-0.15, -0.1) is 0 Å². The van der Waals surface area contributed by atoms with Crippen molar-refractivity contribution in [2.75, 3.05) is 26.8 Å². The Morgan fingerprint density at radius 2 is 2.00 bits per heavy atom. The number of carbonyl (C=O) groups is 1. The Morgan fingerprint density at radius 3 is 2.47 bits per heavy atom. The number of nitrogens with zero attached hydrogens (tertiary/aromatic N) is 2. The van der Waals surface area contributed by atoms with Gasteiger partial charge in [-0.1, -0.05) is 20.8 Å². The third kappa shape index (κ3) is 2.41. The maximum Gasteiger partial charge on any atom is 0.320 e. The molecular formula is C13H24N2O2. The Kier molecular flexibility index (Phi) is 3.34. The van der Waals surface area contributed by atoms with Gasteiger partial charge in [0, 0.05) is 19.6 Å². The van der Waals surface area contributed by atoms with Crippen LogP contribution in [0, 0.1) is 5.41 Å². The molecular weight excluding hydrogens is 216 g/mol. The van der Waals surface area contributed by atoms with E-state index in [1.807, 2.05) is 11.9 Å². The van der Waals surface area contributed by atoms with Crippen LogP contribution in [0.2, 0.25) is 0 Å². The average Bonchev–Trinajstić information content (AvgIpc) is 2.60. The Morgan fingerprint density at radius 1 is 1.35 bits per heavy atom. The highest BCUT2D eigenvalue weighted by Gasteiger charge is 2.39. The highest BCUT2D eigenvalue weighted by molar-refractivity contribution is 5.75. The second kappa shape index (κ2) is 4.48. The zero-order valence-corrected chi connectivity index (χ0v) is 11.4. The number of carbonyl (C=O) groups excluding carboxylic acids is 1. The lowest BCUT2D eigenvalue weighted by Gasteiger charge is -2.41. The molecule has 4 heteroatoms. The van der Waals surface area contributed by atoms with Gasteiger partial charge in [-0.2, -0.15) is 0 Å². The number of likely N-dealkylation sites (N-methyl/N-ethyl adjacent to an activating group) is 1. The molecule has 0 N–H and O–H groups in total. The molecule has 0 aromatic rings. The van der Waals surface area contributed by atoms with E-state index >= 15 is 0 Å². The molecule has 0 aromatic heterocycles. The van der Waals surface area contributed by atoms with Crippen molar-refractivity contribution in [1.29, 1.82) is 0 Å². The highest BCUT2D eigenvalue weighted by Crippen LogP contribution is 2.33. The fourth-order valence-electron chi connectivity index (χ4n) is 2.70. The van der Waals surface area contributed by atoms with Crippen molar-refractivity contribution in [2.45, 2.75) is 45.7 Å². The number of hydrogen-bond donors (Lipinski definition) is 0. The number of likely N-dealkylation sites (tertiary alicyclic amines) is 1. The summed E-state index contributed by atoms with van der Waals surface area (Å²) in [7, 11) is 1.90. The van der Waals surface area contributed by atoms with E-state index in [4.69, 9.17) is 4.74 Å². The number of urea groups is 1. The van der Waals surface area contributed by atoms with Crippen LogP contribution in [-0.4, -0.2) is 54.7 Å². The maximum absolute atomic E-state index is 12.4. The summed E-state index contributed by atoms with van der Waals surface area (Å²) in [5.41, 5.74) is 0.170. The van der Waals surface area contributed by atoms with Crippen LogP contribution >= 0.6 is 0 Å². The molecule has 0 radical (unpaired) electrons. The van der Waals surface area contributed by atoms with Crippen LogP contribution in [0.5, 0.6) is 0 Å². The molecule has 2 amide bonds. The topological polar surface area (TPSA) is 32.8 Å². The van der Waals surface area contributed by atoms with Crippen LogP contribution in [0.1, 0.15) is 33.6 Å². The molecule has 0 aliphatic carbocycles. The molecule has 2 heterocycles. The molecule has 2 fully saturated rings. The molecule has 2 aliphatic rings. The van der Waals surface area contributed by atoms with E-state index in [9.17, 15) is 4.79 Å². The summed E-state index contributed by atoms with van der Waals surface area (Å²) in [5, 5.41) is 0. The van der Waals surface area contributed by atoms with E-state index < -0.39 is 0 Å². The summed E-state index contributed by atoms with van der Waals surface area (Å²) in [4.78, 5) is 16.3. The van der Waals surface area contributed by atoms with E-state index in [1.54, 1.807) is 0 Å². The predicted octanol–water partition coefficient (Wildman–Crippen LogP) is 1.95. The van der Waals surface area contributed by atoms with Crippen LogP contribution in [-0.2, 0) is 4.74 Å². The lowest BCUT2D eigenvalue weighted by atomic mass is 9.85. The van der Waals surface area contributed by atoms with Gasteiger partial charge in [0.05, 0.1) is 19.3 Å². The monoisotopic (exact) mass is 240 g/mol. The minimum atomic E-state index is 0.170. The van der Waals surface area contributed by atoms with Crippen molar-refractivity contribution in [1.82, 2.24) is 9.80 Å². The van der Waals surface area contributed by atoms with Gasteiger partial charge >= 0.3 is 6.03 Å².